The van der Waals surface area contributed by atoms with Gasteiger partial charge >= 0.3 is 0 Å². The monoisotopic (exact) mass is 755 g/mol. The molecule has 0 radical (unpaired) electrons. The van der Waals surface area contributed by atoms with Crippen LogP contribution < -0.4 is 4.90 Å². The third-order valence-corrected chi connectivity index (χ3v) is 12.3. The summed E-state index contributed by atoms with van der Waals surface area (Å²) in [6, 6.07) is 76.9. The number of furan rings is 1. The molecule has 1 heterocycles. The minimum Gasteiger partial charge on any atom is -0.456 e. The van der Waals surface area contributed by atoms with Gasteiger partial charge in [0.1, 0.15) is 11.2 Å². The standard InChI is InChI=1S/C57H41NO/c1-57(2)49-24-14-12-22-45(49)46-32-31-44(37-50(46)57)58(51-33-30-43(39-18-8-4-9-19-39)36-48(51)41-20-10-5-11-21-41)52-34-35-54-56(47-23-13-15-25-53(47)59-54)55(52)42-28-26-40(27-29-42)38-16-6-3-7-17-38/h3-37H,1-2H3. The van der Waals surface area contributed by atoms with Gasteiger partial charge in [0.15, 0.2) is 0 Å². The lowest BCUT2D eigenvalue weighted by molar-refractivity contribution is 0.660. The number of benzene rings is 9. The topological polar surface area (TPSA) is 16.4 Å². The van der Waals surface area contributed by atoms with Gasteiger partial charge in [-0.25, -0.2) is 0 Å². The molecule has 0 saturated heterocycles. The molecule has 0 amide bonds. The number of hydrogen-bond acceptors (Lipinski definition) is 2. The predicted octanol–water partition coefficient (Wildman–Crippen LogP) is 16.0. The number of nitrogens with zero attached hydrogens (tertiary/aromatic N) is 1. The summed E-state index contributed by atoms with van der Waals surface area (Å²) in [6.07, 6.45) is 0. The number of para-hydroxylation sites is 1. The van der Waals surface area contributed by atoms with E-state index >= 15 is 0 Å². The molecule has 0 bridgehead atoms. The molecular weight excluding hydrogens is 715 g/mol. The number of fused-ring (bicyclic) bond motifs is 6. The van der Waals surface area contributed by atoms with E-state index in [2.05, 4.69) is 231 Å². The summed E-state index contributed by atoms with van der Waals surface area (Å²) in [5.74, 6) is 0. The molecule has 0 unspecified atom stereocenters. The minimum atomic E-state index is -0.173. The quantitative estimate of drug-likeness (QED) is 0.161. The van der Waals surface area contributed by atoms with Crippen LogP contribution in [0.4, 0.5) is 17.1 Å². The molecule has 1 aliphatic rings. The first-order valence-electron chi connectivity index (χ1n) is 20.4. The smallest absolute Gasteiger partial charge is 0.136 e. The molecule has 1 aliphatic carbocycles. The molecule has 0 N–H and O–H groups in total. The fourth-order valence-electron chi connectivity index (χ4n) is 9.37. The molecule has 0 aliphatic heterocycles. The van der Waals surface area contributed by atoms with Gasteiger partial charge in [0.25, 0.3) is 0 Å². The molecule has 1 aromatic heterocycles. The van der Waals surface area contributed by atoms with E-state index in [0.29, 0.717) is 0 Å². The van der Waals surface area contributed by atoms with Crippen LogP contribution in [0.25, 0.3) is 77.6 Å². The van der Waals surface area contributed by atoms with Crippen LogP contribution in [0, 0.1) is 0 Å². The summed E-state index contributed by atoms with van der Waals surface area (Å²) in [5.41, 5.74) is 19.4. The number of anilines is 3. The van der Waals surface area contributed by atoms with Crippen molar-refractivity contribution in [1.82, 2.24) is 0 Å². The lowest BCUT2D eigenvalue weighted by atomic mass is 9.82. The van der Waals surface area contributed by atoms with E-state index < -0.39 is 0 Å². The maximum absolute atomic E-state index is 6.62. The second-order valence-electron chi connectivity index (χ2n) is 16.1. The normalized spacial score (nSPS) is 12.7. The van der Waals surface area contributed by atoms with Gasteiger partial charge in [-0.05, 0) is 98.1 Å². The SMILES string of the molecule is CC1(C)c2ccccc2-c2ccc(N(c3ccc(-c4ccccc4)cc3-c3ccccc3)c3ccc4oc5ccccc5c4c3-c3ccc(-c4ccccc4)cc3)cc21. The Morgan fingerprint density at radius 1 is 0.373 bits per heavy atom. The third-order valence-electron chi connectivity index (χ3n) is 12.3. The molecule has 59 heavy (non-hydrogen) atoms. The first kappa shape index (κ1) is 34.8. The molecule has 10 aromatic rings. The average molecular weight is 756 g/mol. The van der Waals surface area contributed by atoms with Crippen LogP contribution >= 0.6 is 0 Å². The van der Waals surface area contributed by atoms with E-state index in [0.717, 1.165) is 61.3 Å². The van der Waals surface area contributed by atoms with Crippen LogP contribution in [-0.2, 0) is 5.41 Å². The van der Waals surface area contributed by atoms with Crippen LogP contribution in [-0.4, -0.2) is 0 Å². The molecule has 11 rings (SSSR count). The van der Waals surface area contributed by atoms with Crippen molar-refractivity contribution in [3.8, 4) is 55.6 Å². The summed E-state index contributed by atoms with van der Waals surface area (Å²) in [5, 5.41) is 2.20. The fraction of sp³-hybridized carbons (Fsp3) is 0.0526. The zero-order chi connectivity index (χ0) is 39.5. The lowest BCUT2D eigenvalue weighted by Gasteiger charge is -2.32. The van der Waals surface area contributed by atoms with Gasteiger partial charge in [-0.15, -0.1) is 0 Å². The molecule has 0 fully saturated rings. The summed E-state index contributed by atoms with van der Waals surface area (Å²) in [6.45, 7) is 4.72. The fourth-order valence-corrected chi connectivity index (χ4v) is 9.37. The summed E-state index contributed by atoms with van der Waals surface area (Å²) in [7, 11) is 0. The van der Waals surface area contributed by atoms with Gasteiger partial charge in [0.2, 0.25) is 0 Å². The number of hydrogen-bond donors (Lipinski definition) is 0. The van der Waals surface area contributed by atoms with Crippen molar-refractivity contribution in [3.63, 3.8) is 0 Å². The highest BCUT2D eigenvalue weighted by Crippen LogP contribution is 2.53. The minimum absolute atomic E-state index is 0.173. The van der Waals surface area contributed by atoms with E-state index in [-0.39, 0.29) is 5.41 Å². The Bertz CT molecular complexity index is 3160. The summed E-state index contributed by atoms with van der Waals surface area (Å²) < 4.78 is 6.62. The van der Waals surface area contributed by atoms with Gasteiger partial charge in [-0.3, -0.25) is 0 Å². The Morgan fingerprint density at radius 2 is 0.932 bits per heavy atom. The Morgan fingerprint density at radius 3 is 1.68 bits per heavy atom. The molecule has 9 aromatic carbocycles. The highest BCUT2D eigenvalue weighted by Gasteiger charge is 2.36. The van der Waals surface area contributed by atoms with E-state index in [9.17, 15) is 0 Å². The highest BCUT2D eigenvalue weighted by molar-refractivity contribution is 6.16. The van der Waals surface area contributed by atoms with Crippen LogP contribution in [0.2, 0.25) is 0 Å². The van der Waals surface area contributed by atoms with Crippen molar-refractivity contribution < 1.29 is 4.42 Å². The predicted molar refractivity (Wildman–Crippen MR) is 248 cm³/mol. The van der Waals surface area contributed by atoms with Crippen LogP contribution in [0.1, 0.15) is 25.0 Å². The van der Waals surface area contributed by atoms with Gasteiger partial charge in [0, 0.05) is 33.0 Å². The van der Waals surface area contributed by atoms with Gasteiger partial charge in [0.05, 0.1) is 11.4 Å². The lowest BCUT2D eigenvalue weighted by Crippen LogP contribution is -2.17. The zero-order valence-corrected chi connectivity index (χ0v) is 33.1. The van der Waals surface area contributed by atoms with E-state index in [1.54, 1.807) is 0 Å². The van der Waals surface area contributed by atoms with Crippen LogP contribution in [0.5, 0.6) is 0 Å². The molecule has 280 valence electrons. The molecule has 2 heteroatoms. The maximum atomic E-state index is 6.62. The van der Waals surface area contributed by atoms with Gasteiger partial charge in [-0.2, -0.15) is 0 Å². The van der Waals surface area contributed by atoms with Crippen molar-refractivity contribution in [1.29, 1.82) is 0 Å². The molecule has 0 atom stereocenters. The molecule has 0 saturated carbocycles. The van der Waals surface area contributed by atoms with Gasteiger partial charge in [-0.1, -0.05) is 184 Å². The summed E-state index contributed by atoms with van der Waals surface area (Å²) >= 11 is 0. The van der Waals surface area contributed by atoms with E-state index in [4.69, 9.17) is 4.42 Å². The molecular formula is C57H41NO. The second kappa shape index (κ2) is 13.9. The highest BCUT2D eigenvalue weighted by atomic mass is 16.3. The maximum Gasteiger partial charge on any atom is 0.136 e. The van der Waals surface area contributed by atoms with Crippen molar-refractivity contribution >= 4 is 39.0 Å². The zero-order valence-electron chi connectivity index (χ0n) is 33.1. The van der Waals surface area contributed by atoms with Crippen molar-refractivity contribution in [2.45, 2.75) is 19.3 Å². The Labute approximate surface area is 345 Å². The van der Waals surface area contributed by atoms with Crippen molar-refractivity contribution in [2.24, 2.45) is 0 Å². The van der Waals surface area contributed by atoms with Crippen molar-refractivity contribution in [2.75, 3.05) is 4.90 Å². The Hall–Kier alpha value is -7.42. The van der Waals surface area contributed by atoms with Crippen molar-refractivity contribution in [3.05, 3.63) is 223 Å². The Balaban J connectivity index is 1.22. The first-order valence-corrected chi connectivity index (χ1v) is 20.4. The molecule has 0 spiro atoms. The molecule has 2 nitrogen and oxygen atoms in total. The number of rotatable bonds is 7. The Kier molecular flexibility index (Phi) is 8.20. The van der Waals surface area contributed by atoms with Crippen LogP contribution in [0.3, 0.4) is 0 Å². The largest absolute Gasteiger partial charge is 0.456 e. The average Bonchev–Trinajstić information content (AvgIpc) is 3.79. The van der Waals surface area contributed by atoms with Crippen LogP contribution in [0.15, 0.2) is 217 Å². The summed E-state index contributed by atoms with van der Waals surface area (Å²) in [4.78, 5) is 2.50. The van der Waals surface area contributed by atoms with E-state index in [1.165, 1.54) is 44.5 Å². The second-order valence-corrected chi connectivity index (χ2v) is 16.1. The third kappa shape index (κ3) is 5.79. The van der Waals surface area contributed by atoms with Gasteiger partial charge < -0.3 is 9.32 Å². The first-order chi connectivity index (χ1) is 29.0. The van der Waals surface area contributed by atoms with E-state index in [1.807, 2.05) is 0 Å².